The van der Waals surface area contributed by atoms with Crippen LogP contribution in [-0.2, 0) is 17.8 Å². The molecule has 1 amide bonds. The van der Waals surface area contributed by atoms with Crippen molar-refractivity contribution < 1.29 is 9.53 Å². The van der Waals surface area contributed by atoms with Gasteiger partial charge in [0.25, 0.3) is 0 Å². The maximum Gasteiger partial charge on any atom is 0.238 e. The van der Waals surface area contributed by atoms with Crippen LogP contribution in [0, 0.1) is 0 Å². The zero-order valence-electron chi connectivity index (χ0n) is 15.5. The number of anilines is 2. The van der Waals surface area contributed by atoms with E-state index in [0.29, 0.717) is 18.0 Å². The van der Waals surface area contributed by atoms with E-state index in [2.05, 4.69) is 40.7 Å². The average molecular weight is 353 g/mol. The molecule has 0 unspecified atom stereocenters. The first-order valence-corrected chi connectivity index (χ1v) is 9.21. The number of carbonyl (C=O) groups excluding carboxylic acids is 1. The summed E-state index contributed by atoms with van der Waals surface area (Å²) in [7, 11) is 1.61. The monoisotopic (exact) mass is 353 g/mol. The molecular weight excluding hydrogens is 326 g/mol. The lowest BCUT2D eigenvalue weighted by molar-refractivity contribution is -0.117. The van der Waals surface area contributed by atoms with Crippen molar-refractivity contribution in [3.05, 3.63) is 53.6 Å². The van der Waals surface area contributed by atoms with Gasteiger partial charge in [-0.3, -0.25) is 9.69 Å². The van der Waals surface area contributed by atoms with Crippen molar-refractivity contribution in [2.24, 2.45) is 0 Å². The van der Waals surface area contributed by atoms with Crippen molar-refractivity contribution in [2.45, 2.75) is 26.3 Å². The van der Waals surface area contributed by atoms with E-state index in [1.165, 1.54) is 16.8 Å². The number of hydrogen-bond donors (Lipinski definition) is 2. The molecule has 0 saturated carbocycles. The number of hydrogen-bond acceptors (Lipinski definition) is 4. The van der Waals surface area contributed by atoms with Crippen molar-refractivity contribution in [3.8, 4) is 5.75 Å². The van der Waals surface area contributed by atoms with Crippen LogP contribution in [0.4, 0.5) is 11.4 Å². The van der Waals surface area contributed by atoms with E-state index in [1.807, 2.05) is 24.3 Å². The number of fused-ring (bicyclic) bond motifs is 1. The molecule has 1 aliphatic heterocycles. The maximum atomic E-state index is 12.6. The molecule has 0 spiro atoms. The average Bonchev–Trinajstić information content (AvgIpc) is 3.12. The van der Waals surface area contributed by atoms with Crippen molar-refractivity contribution >= 4 is 17.3 Å². The summed E-state index contributed by atoms with van der Waals surface area (Å²) in [4.78, 5) is 14.8. The van der Waals surface area contributed by atoms with Gasteiger partial charge in [0.1, 0.15) is 5.75 Å². The molecule has 1 heterocycles. The zero-order valence-corrected chi connectivity index (χ0v) is 15.5. The molecule has 2 aromatic carbocycles. The molecule has 0 aliphatic carbocycles. The van der Waals surface area contributed by atoms with Gasteiger partial charge in [-0.15, -0.1) is 0 Å². The van der Waals surface area contributed by atoms with Crippen LogP contribution >= 0.6 is 0 Å². The van der Waals surface area contributed by atoms with Gasteiger partial charge in [0.2, 0.25) is 5.91 Å². The molecule has 0 fully saturated rings. The van der Waals surface area contributed by atoms with Crippen LogP contribution in [0.5, 0.6) is 5.75 Å². The lowest BCUT2D eigenvalue weighted by Crippen LogP contribution is -2.33. The number of nitrogens with one attached hydrogen (secondary N) is 2. The number of methoxy groups -OCH3 is 1. The van der Waals surface area contributed by atoms with E-state index in [0.717, 1.165) is 32.5 Å². The van der Waals surface area contributed by atoms with Crippen LogP contribution in [0.2, 0.25) is 0 Å². The molecule has 0 radical (unpaired) electrons. The molecule has 0 bridgehead atoms. The number of nitrogens with zero attached hydrogens (tertiary/aromatic N) is 1. The molecule has 2 N–H and O–H groups in total. The largest absolute Gasteiger partial charge is 0.495 e. The minimum Gasteiger partial charge on any atom is -0.495 e. The molecule has 0 saturated heterocycles. The second-order valence-electron chi connectivity index (χ2n) is 6.59. The number of benzene rings is 2. The third kappa shape index (κ3) is 4.35. The summed E-state index contributed by atoms with van der Waals surface area (Å²) in [6.07, 6.45) is 2.08. The second kappa shape index (κ2) is 8.72. The van der Waals surface area contributed by atoms with Gasteiger partial charge in [-0.2, -0.15) is 0 Å². The van der Waals surface area contributed by atoms with Crippen molar-refractivity contribution in [1.82, 2.24) is 4.90 Å². The predicted molar refractivity (Wildman–Crippen MR) is 106 cm³/mol. The first-order chi connectivity index (χ1) is 12.7. The third-order valence-corrected chi connectivity index (χ3v) is 4.62. The van der Waals surface area contributed by atoms with E-state index in [1.54, 1.807) is 7.11 Å². The highest BCUT2D eigenvalue weighted by molar-refractivity contribution is 5.93. The summed E-state index contributed by atoms with van der Waals surface area (Å²) in [5.74, 6) is 0.649. The van der Waals surface area contributed by atoms with Crippen molar-refractivity contribution in [2.75, 3.05) is 37.4 Å². The Morgan fingerprint density at radius 2 is 2.08 bits per heavy atom. The quantitative estimate of drug-likeness (QED) is 0.762. The molecule has 0 atom stereocenters. The fourth-order valence-corrected chi connectivity index (χ4v) is 3.45. The van der Waals surface area contributed by atoms with Gasteiger partial charge in [-0.1, -0.05) is 37.3 Å². The first-order valence-electron chi connectivity index (χ1n) is 9.21. The lowest BCUT2D eigenvalue weighted by Gasteiger charge is -2.23. The number of para-hydroxylation sites is 3. The number of ether oxygens (including phenoxy) is 1. The lowest BCUT2D eigenvalue weighted by atomic mass is 10.1. The Morgan fingerprint density at radius 1 is 1.23 bits per heavy atom. The molecule has 0 aromatic heterocycles. The summed E-state index contributed by atoms with van der Waals surface area (Å²) in [5.41, 5.74) is 4.59. The minimum absolute atomic E-state index is 0.0246. The second-order valence-corrected chi connectivity index (χ2v) is 6.59. The summed E-state index contributed by atoms with van der Waals surface area (Å²) < 4.78 is 5.31. The fraction of sp³-hybridized carbons (Fsp3) is 0.381. The normalized spacial score (nSPS) is 12.6. The van der Waals surface area contributed by atoms with Crippen LogP contribution in [0.1, 0.15) is 24.5 Å². The molecule has 1 aliphatic rings. The Kier molecular flexibility index (Phi) is 6.12. The Balaban J connectivity index is 1.67. The molecular formula is C21H27N3O2. The molecule has 2 aromatic rings. The Hall–Kier alpha value is -2.53. The van der Waals surface area contributed by atoms with Gasteiger partial charge in [0.15, 0.2) is 0 Å². The summed E-state index contributed by atoms with van der Waals surface area (Å²) >= 11 is 0. The van der Waals surface area contributed by atoms with Gasteiger partial charge in [-0.25, -0.2) is 0 Å². The van der Waals surface area contributed by atoms with E-state index in [9.17, 15) is 4.79 Å². The number of rotatable bonds is 8. The van der Waals surface area contributed by atoms with Crippen LogP contribution in [0.3, 0.4) is 0 Å². The van der Waals surface area contributed by atoms with E-state index < -0.39 is 0 Å². The van der Waals surface area contributed by atoms with Gasteiger partial charge in [0.05, 0.1) is 19.3 Å². The van der Waals surface area contributed by atoms with Gasteiger partial charge in [0, 0.05) is 18.8 Å². The third-order valence-electron chi connectivity index (χ3n) is 4.62. The highest BCUT2D eigenvalue weighted by atomic mass is 16.5. The number of amides is 1. The van der Waals surface area contributed by atoms with Gasteiger partial charge in [-0.05, 0) is 42.6 Å². The molecule has 5 nitrogen and oxygen atoms in total. The van der Waals surface area contributed by atoms with Crippen molar-refractivity contribution in [3.63, 3.8) is 0 Å². The minimum atomic E-state index is -0.0246. The fourth-order valence-electron chi connectivity index (χ4n) is 3.45. The smallest absolute Gasteiger partial charge is 0.238 e. The highest BCUT2D eigenvalue weighted by Crippen LogP contribution is 2.27. The topological polar surface area (TPSA) is 53.6 Å². The van der Waals surface area contributed by atoms with Crippen LogP contribution in [0.25, 0.3) is 0 Å². The molecule has 138 valence electrons. The summed E-state index contributed by atoms with van der Waals surface area (Å²) in [5, 5.41) is 6.45. The Labute approximate surface area is 155 Å². The summed E-state index contributed by atoms with van der Waals surface area (Å²) in [6.45, 7) is 5.13. The molecule has 5 heteroatoms. The molecule has 26 heavy (non-hydrogen) atoms. The highest BCUT2D eigenvalue weighted by Gasteiger charge is 2.17. The summed E-state index contributed by atoms with van der Waals surface area (Å²) in [6, 6.07) is 13.9. The standard InChI is InChI=1S/C21H27N3O2/c1-3-13-24(14-17-8-6-7-16-11-12-22-21(16)17)15-20(25)23-18-9-4-5-10-19(18)26-2/h4-10,22H,3,11-15H2,1-2H3,(H,23,25). The van der Waals surface area contributed by atoms with E-state index in [4.69, 9.17) is 4.74 Å². The van der Waals surface area contributed by atoms with Crippen molar-refractivity contribution in [1.29, 1.82) is 0 Å². The Morgan fingerprint density at radius 3 is 2.88 bits per heavy atom. The van der Waals surface area contributed by atoms with E-state index >= 15 is 0 Å². The predicted octanol–water partition coefficient (Wildman–Crippen LogP) is 3.51. The maximum absolute atomic E-state index is 12.6. The van der Waals surface area contributed by atoms with Gasteiger partial charge < -0.3 is 15.4 Å². The van der Waals surface area contributed by atoms with Crippen LogP contribution in [-0.4, -0.2) is 37.6 Å². The van der Waals surface area contributed by atoms with Gasteiger partial charge >= 0.3 is 0 Å². The zero-order chi connectivity index (χ0) is 18.4. The SMILES string of the molecule is CCCN(CC(=O)Nc1ccccc1OC)Cc1cccc2c1NCC2. The number of carbonyl (C=O) groups is 1. The molecule has 3 rings (SSSR count). The first kappa shape index (κ1) is 18.3. The van der Waals surface area contributed by atoms with E-state index in [-0.39, 0.29) is 5.91 Å². The van der Waals surface area contributed by atoms with Crippen LogP contribution < -0.4 is 15.4 Å². The Bertz CT molecular complexity index is 761. The van der Waals surface area contributed by atoms with Crippen LogP contribution in [0.15, 0.2) is 42.5 Å².